The summed E-state index contributed by atoms with van der Waals surface area (Å²) < 4.78 is 4.82. The van der Waals surface area contributed by atoms with Crippen LogP contribution in [0.3, 0.4) is 0 Å². The standard InChI is InChI=1S/C41H26N4/c1-4-12-27(13-5-1)28-24-38-41(42-26-28)45-36-19-11-10-18-32(36)33-21-22-34-35-25-31(20-23-37(35)44(38)39(34)40(33)45)43(29-14-6-2-7-15-29)30-16-8-3-9-17-30/h1-26H. The minimum absolute atomic E-state index is 0.956. The molecule has 0 saturated heterocycles. The van der Waals surface area contributed by atoms with Crippen LogP contribution < -0.4 is 4.90 Å². The third kappa shape index (κ3) is 3.39. The number of rotatable bonds is 4. The van der Waals surface area contributed by atoms with Crippen LogP contribution in [0.25, 0.3) is 65.9 Å². The van der Waals surface area contributed by atoms with Gasteiger partial charge in [-0.05, 0) is 60.2 Å². The van der Waals surface area contributed by atoms with Crippen LogP contribution in [-0.4, -0.2) is 13.8 Å². The Kier molecular flexibility index (Phi) is 4.96. The van der Waals surface area contributed by atoms with Crippen molar-refractivity contribution in [1.82, 2.24) is 13.8 Å². The highest BCUT2D eigenvalue weighted by atomic mass is 15.1. The van der Waals surface area contributed by atoms with Crippen LogP contribution in [-0.2, 0) is 0 Å². The molecule has 4 aromatic heterocycles. The van der Waals surface area contributed by atoms with Crippen molar-refractivity contribution in [3.63, 3.8) is 0 Å². The molecular weight excluding hydrogens is 548 g/mol. The molecule has 0 bridgehead atoms. The predicted octanol–water partition coefficient (Wildman–Crippen LogP) is 10.8. The van der Waals surface area contributed by atoms with Crippen molar-refractivity contribution < 1.29 is 0 Å². The van der Waals surface area contributed by atoms with Crippen molar-refractivity contribution in [3.05, 3.63) is 158 Å². The summed E-state index contributed by atoms with van der Waals surface area (Å²) in [6.07, 6.45) is 2.02. The van der Waals surface area contributed by atoms with Gasteiger partial charge in [0.25, 0.3) is 0 Å². The highest BCUT2D eigenvalue weighted by molar-refractivity contribution is 6.25. The second-order valence-electron chi connectivity index (χ2n) is 11.7. The Bertz CT molecular complexity index is 2650. The highest BCUT2D eigenvalue weighted by Gasteiger charge is 2.23. The topological polar surface area (TPSA) is 24.9 Å². The molecule has 0 fully saturated rings. The van der Waals surface area contributed by atoms with E-state index in [-0.39, 0.29) is 0 Å². The van der Waals surface area contributed by atoms with Gasteiger partial charge in [-0.1, -0.05) is 97.1 Å². The van der Waals surface area contributed by atoms with Gasteiger partial charge in [0.05, 0.1) is 27.6 Å². The molecule has 0 unspecified atom stereocenters. The number of hydrogen-bond donors (Lipinski definition) is 0. The molecule has 4 heterocycles. The third-order valence-corrected chi connectivity index (χ3v) is 9.24. The fraction of sp³-hybridized carbons (Fsp3) is 0. The molecule has 210 valence electrons. The van der Waals surface area contributed by atoms with Gasteiger partial charge in [-0.25, -0.2) is 4.98 Å². The number of aromatic nitrogens is 3. The normalized spacial score (nSPS) is 12.0. The lowest BCUT2D eigenvalue weighted by atomic mass is 10.1. The van der Waals surface area contributed by atoms with Crippen molar-refractivity contribution in [2.24, 2.45) is 0 Å². The second kappa shape index (κ2) is 9.18. The lowest BCUT2D eigenvalue weighted by Crippen LogP contribution is -2.09. The van der Waals surface area contributed by atoms with E-state index in [0.717, 1.165) is 39.4 Å². The van der Waals surface area contributed by atoms with E-state index in [9.17, 15) is 0 Å². The Balaban J connectivity index is 1.35. The minimum atomic E-state index is 0.956. The Morgan fingerprint density at radius 3 is 1.73 bits per heavy atom. The van der Waals surface area contributed by atoms with Crippen LogP contribution >= 0.6 is 0 Å². The fourth-order valence-corrected chi connectivity index (χ4v) is 7.32. The number of hydrogen-bond acceptors (Lipinski definition) is 2. The summed E-state index contributed by atoms with van der Waals surface area (Å²) in [4.78, 5) is 7.51. The Morgan fingerprint density at radius 2 is 1.00 bits per heavy atom. The van der Waals surface area contributed by atoms with Crippen LogP contribution in [0.4, 0.5) is 17.1 Å². The molecule has 10 rings (SSSR count). The zero-order chi connectivity index (χ0) is 29.5. The Morgan fingerprint density at radius 1 is 0.400 bits per heavy atom. The van der Waals surface area contributed by atoms with Gasteiger partial charge < -0.3 is 9.30 Å². The van der Waals surface area contributed by atoms with E-state index in [1.807, 2.05) is 6.20 Å². The summed E-state index contributed by atoms with van der Waals surface area (Å²) in [6, 6.07) is 54.2. The largest absolute Gasteiger partial charge is 0.310 e. The van der Waals surface area contributed by atoms with Crippen LogP contribution in [0.2, 0.25) is 0 Å². The van der Waals surface area contributed by atoms with Crippen LogP contribution in [0.15, 0.2) is 158 Å². The fourth-order valence-electron chi connectivity index (χ4n) is 7.32. The Hall–Kier alpha value is -6.13. The molecular formula is C41H26N4. The zero-order valence-electron chi connectivity index (χ0n) is 24.3. The van der Waals surface area contributed by atoms with Crippen LogP contribution in [0.1, 0.15) is 0 Å². The molecule has 0 aliphatic rings. The van der Waals surface area contributed by atoms with Gasteiger partial charge in [-0.2, -0.15) is 0 Å². The van der Waals surface area contributed by atoms with Gasteiger partial charge >= 0.3 is 0 Å². The van der Waals surface area contributed by atoms with Gasteiger partial charge in [0, 0.05) is 50.4 Å². The number of pyridine rings is 1. The van der Waals surface area contributed by atoms with E-state index in [2.05, 4.69) is 165 Å². The highest BCUT2D eigenvalue weighted by Crippen LogP contribution is 2.44. The van der Waals surface area contributed by atoms with E-state index in [1.54, 1.807) is 0 Å². The summed E-state index contributed by atoms with van der Waals surface area (Å²) in [5.41, 5.74) is 12.5. The van der Waals surface area contributed by atoms with Crippen molar-refractivity contribution in [2.45, 2.75) is 0 Å². The van der Waals surface area contributed by atoms with Crippen molar-refractivity contribution >= 4 is 71.8 Å². The molecule has 0 radical (unpaired) electrons. The molecule has 0 N–H and O–H groups in total. The summed E-state index contributed by atoms with van der Waals surface area (Å²) in [5.74, 6) is 0. The summed E-state index contributed by atoms with van der Waals surface area (Å²) in [7, 11) is 0. The SMILES string of the molecule is c1ccc(-c2cnc3c(c2)n2c4ccc(N(c5ccccc5)c5ccccc5)cc4c4ccc5c6ccccc6n3c5c42)cc1. The first-order chi connectivity index (χ1) is 22.3. The number of nitrogens with zero attached hydrogens (tertiary/aromatic N) is 4. The van der Waals surface area contributed by atoms with E-state index in [0.29, 0.717) is 0 Å². The van der Waals surface area contributed by atoms with E-state index >= 15 is 0 Å². The van der Waals surface area contributed by atoms with Crippen molar-refractivity contribution in [2.75, 3.05) is 4.90 Å². The molecule has 0 atom stereocenters. The molecule has 4 heteroatoms. The maximum atomic E-state index is 5.17. The van der Waals surface area contributed by atoms with Gasteiger partial charge in [0.15, 0.2) is 5.65 Å². The average Bonchev–Trinajstić information content (AvgIpc) is 3.63. The predicted molar refractivity (Wildman–Crippen MR) is 187 cm³/mol. The third-order valence-electron chi connectivity index (χ3n) is 9.24. The monoisotopic (exact) mass is 574 g/mol. The number of anilines is 3. The van der Waals surface area contributed by atoms with Crippen LogP contribution in [0, 0.1) is 0 Å². The summed E-state index contributed by atoms with van der Waals surface area (Å²) >= 11 is 0. The van der Waals surface area contributed by atoms with E-state index in [4.69, 9.17) is 4.98 Å². The first-order valence-corrected chi connectivity index (χ1v) is 15.3. The minimum Gasteiger partial charge on any atom is -0.310 e. The number of fused-ring (bicyclic) bond motifs is 9. The maximum absolute atomic E-state index is 5.17. The summed E-state index contributed by atoms with van der Waals surface area (Å²) in [5, 5.41) is 4.95. The van der Waals surface area contributed by atoms with Gasteiger partial charge in [-0.3, -0.25) is 4.40 Å². The number of benzene rings is 6. The Labute approximate surface area is 259 Å². The van der Waals surface area contributed by atoms with E-state index in [1.165, 1.54) is 43.6 Å². The molecule has 45 heavy (non-hydrogen) atoms. The van der Waals surface area contributed by atoms with Crippen molar-refractivity contribution in [3.8, 4) is 11.1 Å². The molecule has 0 amide bonds. The molecule has 0 spiro atoms. The zero-order valence-corrected chi connectivity index (χ0v) is 24.3. The smallest absolute Gasteiger partial charge is 0.162 e. The summed E-state index contributed by atoms with van der Waals surface area (Å²) in [6.45, 7) is 0. The molecule has 10 aromatic rings. The van der Waals surface area contributed by atoms with Gasteiger partial charge in [-0.15, -0.1) is 0 Å². The maximum Gasteiger partial charge on any atom is 0.162 e. The average molecular weight is 575 g/mol. The number of para-hydroxylation sites is 3. The molecule has 0 saturated carbocycles. The van der Waals surface area contributed by atoms with Gasteiger partial charge in [0.1, 0.15) is 0 Å². The molecule has 4 nitrogen and oxygen atoms in total. The van der Waals surface area contributed by atoms with Crippen molar-refractivity contribution in [1.29, 1.82) is 0 Å². The van der Waals surface area contributed by atoms with Crippen LogP contribution in [0.5, 0.6) is 0 Å². The van der Waals surface area contributed by atoms with E-state index < -0.39 is 0 Å². The van der Waals surface area contributed by atoms with Gasteiger partial charge in [0.2, 0.25) is 0 Å². The lowest BCUT2D eigenvalue weighted by Gasteiger charge is -2.25. The lowest BCUT2D eigenvalue weighted by molar-refractivity contribution is 1.19. The molecule has 6 aromatic carbocycles. The first-order valence-electron chi connectivity index (χ1n) is 15.3. The first kappa shape index (κ1) is 24.3. The second-order valence-corrected chi connectivity index (χ2v) is 11.7. The molecule has 0 aliphatic carbocycles. The quantitative estimate of drug-likeness (QED) is 0.195. The molecule has 0 aliphatic heterocycles.